The maximum atomic E-state index is 13.9. The zero-order chi connectivity index (χ0) is 13.3. The summed E-state index contributed by atoms with van der Waals surface area (Å²) in [5.41, 5.74) is 7.02. The second-order valence-corrected chi connectivity index (χ2v) is 4.90. The minimum atomic E-state index is -0.320. The SMILES string of the molecule is CCc1nc(-c2ccc(Br)cc2F)c(N)n1CC. The van der Waals surface area contributed by atoms with Crippen molar-refractivity contribution >= 4 is 21.7 Å². The van der Waals surface area contributed by atoms with E-state index in [4.69, 9.17) is 5.73 Å². The van der Waals surface area contributed by atoms with Gasteiger partial charge in [-0.25, -0.2) is 9.37 Å². The highest BCUT2D eigenvalue weighted by atomic mass is 79.9. The van der Waals surface area contributed by atoms with Crippen LogP contribution in [-0.2, 0) is 13.0 Å². The minimum Gasteiger partial charge on any atom is -0.383 e. The molecule has 96 valence electrons. The molecule has 0 aliphatic rings. The van der Waals surface area contributed by atoms with Crippen LogP contribution in [0.1, 0.15) is 19.7 Å². The molecule has 0 saturated carbocycles. The molecule has 0 fully saturated rings. The number of nitrogen functional groups attached to an aromatic ring is 1. The topological polar surface area (TPSA) is 43.8 Å². The van der Waals surface area contributed by atoms with E-state index in [0.29, 0.717) is 21.5 Å². The van der Waals surface area contributed by atoms with Gasteiger partial charge in [-0.05, 0) is 25.1 Å². The minimum absolute atomic E-state index is 0.320. The molecular weight excluding hydrogens is 297 g/mol. The van der Waals surface area contributed by atoms with Gasteiger partial charge in [0, 0.05) is 23.0 Å². The number of aromatic nitrogens is 2. The summed E-state index contributed by atoms with van der Waals surface area (Å²) >= 11 is 3.24. The molecule has 1 heterocycles. The first kappa shape index (κ1) is 13.1. The van der Waals surface area contributed by atoms with E-state index in [-0.39, 0.29) is 5.82 Å². The summed E-state index contributed by atoms with van der Waals surface area (Å²) < 4.78 is 16.5. The number of imidazole rings is 1. The van der Waals surface area contributed by atoms with E-state index in [2.05, 4.69) is 20.9 Å². The van der Waals surface area contributed by atoms with Crippen LogP contribution in [0.15, 0.2) is 22.7 Å². The van der Waals surface area contributed by atoms with Crippen molar-refractivity contribution in [3.8, 4) is 11.3 Å². The smallest absolute Gasteiger partial charge is 0.133 e. The third-order valence-electron chi connectivity index (χ3n) is 2.90. The maximum absolute atomic E-state index is 13.9. The Balaban J connectivity index is 2.60. The van der Waals surface area contributed by atoms with Crippen LogP contribution in [0.2, 0.25) is 0 Å². The second kappa shape index (κ2) is 5.10. The van der Waals surface area contributed by atoms with Crippen molar-refractivity contribution in [2.75, 3.05) is 5.73 Å². The molecule has 3 nitrogen and oxygen atoms in total. The summed E-state index contributed by atoms with van der Waals surface area (Å²) in [4.78, 5) is 4.44. The van der Waals surface area contributed by atoms with Gasteiger partial charge in [-0.2, -0.15) is 0 Å². The van der Waals surface area contributed by atoms with Crippen LogP contribution in [0, 0.1) is 5.82 Å². The van der Waals surface area contributed by atoms with Gasteiger partial charge in [0.25, 0.3) is 0 Å². The van der Waals surface area contributed by atoms with Crippen LogP contribution in [-0.4, -0.2) is 9.55 Å². The van der Waals surface area contributed by atoms with E-state index in [0.717, 1.165) is 18.8 Å². The lowest BCUT2D eigenvalue weighted by Crippen LogP contribution is -2.04. The van der Waals surface area contributed by atoms with Gasteiger partial charge in [-0.15, -0.1) is 0 Å². The molecule has 0 spiro atoms. The van der Waals surface area contributed by atoms with Gasteiger partial charge >= 0.3 is 0 Å². The van der Waals surface area contributed by atoms with E-state index in [1.807, 2.05) is 18.4 Å². The molecule has 2 aromatic rings. The molecule has 0 amide bonds. The van der Waals surface area contributed by atoms with Crippen LogP contribution in [0.3, 0.4) is 0 Å². The lowest BCUT2D eigenvalue weighted by atomic mass is 10.1. The first-order valence-electron chi connectivity index (χ1n) is 5.88. The Morgan fingerprint density at radius 3 is 2.61 bits per heavy atom. The zero-order valence-electron chi connectivity index (χ0n) is 10.4. The second-order valence-electron chi connectivity index (χ2n) is 3.98. The maximum Gasteiger partial charge on any atom is 0.133 e. The number of nitrogens with two attached hydrogens (primary N) is 1. The predicted octanol–water partition coefficient (Wildman–Crippen LogP) is 3.62. The average Bonchev–Trinajstić information content (AvgIpc) is 2.66. The Morgan fingerprint density at radius 1 is 1.39 bits per heavy atom. The standard InChI is InChI=1S/C13H15BrFN3/c1-3-11-17-12(13(16)18(11)4-2)9-6-5-8(14)7-10(9)15/h5-7H,3-4,16H2,1-2H3. The molecule has 18 heavy (non-hydrogen) atoms. The molecular formula is C13H15BrFN3. The van der Waals surface area contributed by atoms with Gasteiger partial charge < -0.3 is 10.3 Å². The van der Waals surface area contributed by atoms with Crippen molar-refractivity contribution in [2.24, 2.45) is 0 Å². The van der Waals surface area contributed by atoms with Gasteiger partial charge in [0.2, 0.25) is 0 Å². The Hall–Kier alpha value is -1.36. The number of rotatable bonds is 3. The fourth-order valence-corrected chi connectivity index (χ4v) is 2.35. The Labute approximate surface area is 114 Å². The van der Waals surface area contributed by atoms with Crippen LogP contribution in [0.25, 0.3) is 11.3 Å². The van der Waals surface area contributed by atoms with E-state index in [1.165, 1.54) is 6.07 Å². The van der Waals surface area contributed by atoms with Crippen LogP contribution in [0.5, 0.6) is 0 Å². The molecule has 0 radical (unpaired) electrons. The van der Waals surface area contributed by atoms with Gasteiger partial charge in [-0.3, -0.25) is 0 Å². The normalized spacial score (nSPS) is 10.9. The Morgan fingerprint density at radius 2 is 2.11 bits per heavy atom. The molecule has 0 bridgehead atoms. The highest BCUT2D eigenvalue weighted by Gasteiger charge is 2.17. The van der Waals surface area contributed by atoms with Crippen molar-refractivity contribution < 1.29 is 4.39 Å². The Bertz CT molecular complexity index is 578. The van der Waals surface area contributed by atoms with Crippen molar-refractivity contribution in [3.63, 3.8) is 0 Å². The summed E-state index contributed by atoms with van der Waals surface area (Å²) in [5.74, 6) is 1.09. The highest BCUT2D eigenvalue weighted by Crippen LogP contribution is 2.30. The fraction of sp³-hybridized carbons (Fsp3) is 0.308. The summed E-state index contributed by atoms with van der Waals surface area (Å²) in [7, 11) is 0. The predicted molar refractivity (Wildman–Crippen MR) is 74.8 cm³/mol. The zero-order valence-corrected chi connectivity index (χ0v) is 12.0. The average molecular weight is 312 g/mol. The first-order valence-corrected chi connectivity index (χ1v) is 6.68. The lowest BCUT2D eigenvalue weighted by Gasteiger charge is -2.05. The number of hydrogen-bond acceptors (Lipinski definition) is 2. The summed E-state index contributed by atoms with van der Waals surface area (Å²) in [5, 5.41) is 0. The third kappa shape index (κ3) is 2.14. The van der Waals surface area contributed by atoms with Gasteiger partial charge in [0.05, 0.1) is 0 Å². The Kier molecular flexibility index (Phi) is 3.71. The molecule has 2 N–H and O–H groups in total. The van der Waals surface area contributed by atoms with Crippen molar-refractivity contribution in [1.82, 2.24) is 9.55 Å². The fourth-order valence-electron chi connectivity index (χ4n) is 2.02. The molecule has 0 unspecified atom stereocenters. The first-order chi connectivity index (χ1) is 8.58. The van der Waals surface area contributed by atoms with Crippen LogP contribution >= 0.6 is 15.9 Å². The summed E-state index contributed by atoms with van der Waals surface area (Å²) in [6.07, 6.45) is 0.774. The number of aryl methyl sites for hydroxylation is 1. The van der Waals surface area contributed by atoms with Crippen LogP contribution < -0.4 is 5.73 Å². The largest absolute Gasteiger partial charge is 0.383 e. The number of hydrogen-bond donors (Lipinski definition) is 1. The van der Waals surface area contributed by atoms with E-state index < -0.39 is 0 Å². The molecule has 2 rings (SSSR count). The van der Waals surface area contributed by atoms with Crippen molar-refractivity contribution in [1.29, 1.82) is 0 Å². The van der Waals surface area contributed by atoms with Crippen LogP contribution in [0.4, 0.5) is 10.2 Å². The monoisotopic (exact) mass is 311 g/mol. The number of benzene rings is 1. The summed E-state index contributed by atoms with van der Waals surface area (Å²) in [6, 6.07) is 4.90. The molecule has 0 saturated heterocycles. The number of anilines is 1. The van der Waals surface area contributed by atoms with Gasteiger partial charge in [-0.1, -0.05) is 22.9 Å². The van der Waals surface area contributed by atoms with Gasteiger partial charge in [0.15, 0.2) is 0 Å². The van der Waals surface area contributed by atoms with Gasteiger partial charge in [0.1, 0.15) is 23.2 Å². The van der Waals surface area contributed by atoms with E-state index in [9.17, 15) is 4.39 Å². The van der Waals surface area contributed by atoms with E-state index in [1.54, 1.807) is 12.1 Å². The van der Waals surface area contributed by atoms with E-state index >= 15 is 0 Å². The molecule has 1 aromatic carbocycles. The molecule has 1 aromatic heterocycles. The molecule has 0 aliphatic carbocycles. The number of halogens is 2. The summed E-state index contributed by atoms with van der Waals surface area (Å²) in [6.45, 7) is 4.74. The molecule has 5 heteroatoms. The highest BCUT2D eigenvalue weighted by molar-refractivity contribution is 9.10. The third-order valence-corrected chi connectivity index (χ3v) is 3.40. The van der Waals surface area contributed by atoms with Crippen molar-refractivity contribution in [2.45, 2.75) is 26.8 Å². The molecule has 0 aliphatic heterocycles. The lowest BCUT2D eigenvalue weighted by molar-refractivity contribution is 0.630. The quantitative estimate of drug-likeness (QED) is 0.941. The number of nitrogens with zero attached hydrogens (tertiary/aromatic N) is 2. The molecule has 0 atom stereocenters. The van der Waals surface area contributed by atoms with Crippen molar-refractivity contribution in [3.05, 3.63) is 34.3 Å².